The lowest BCUT2D eigenvalue weighted by Gasteiger charge is -2.14. The number of hydrogen-bond acceptors (Lipinski definition) is 5. The van der Waals surface area contributed by atoms with Crippen molar-refractivity contribution in [2.45, 2.75) is 18.9 Å². The van der Waals surface area contributed by atoms with Crippen LogP contribution in [0.4, 0.5) is 0 Å². The van der Waals surface area contributed by atoms with E-state index < -0.39 is 23.9 Å². The van der Waals surface area contributed by atoms with Crippen LogP contribution in [0.2, 0.25) is 0 Å². The zero-order valence-corrected chi connectivity index (χ0v) is 8.87. The SMILES string of the molecule is COC(=O)[C@@H]1C[C@H](O)C[C@H]1C(=O)CN=[N+]=[N-]. The highest BCUT2D eigenvalue weighted by atomic mass is 16.5. The molecular formula is C9H13N3O4. The molecule has 1 fully saturated rings. The summed E-state index contributed by atoms with van der Waals surface area (Å²) in [5, 5.41) is 12.6. The van der Waals surface area contributed by atoms with E-state index in [9.17, 15) is 14.7 Å². The lowest BCUT2D eigenvalue weighted by atomic mass is 9.92. The Bertz CT molecular complexity index is 338. The molecule has 0 aliphatic heterocycles. The van der Waals surface area contributed by atoms with Crippen molar-refractivity contribution in [3.8, 4) is 0 Å². The summed E-state index contributed by atoms with van der Waals surface area (Å²) in [5.74, 6) is -2.06. The summed E-state index contributed by atoms with van der Waals surface area (Å²) in [6.45, 7) is -0.290. The van der Waals surface area contributed by atoms with E-state index in [1.54, 1.807) is 0 Å². The lowest BCUT2D eigenvalue weighted by Crippen LogP contribution is -2.27. The number of azide groups is 1. The van der Waals surface area contributed by atoms with Crippen molar-refractivity contribution in [1.29, 1.82) is 0 Å². The van der Waals surface area contributed by atoms with Crippen LogP contribution in [0.5, 0.6) is 0 Å². The lowest BCUT2D eigenvalue weighted by molar-refractivity contribution is -0.148. The van der Waals surface area contributed by atoms with Gasteiger partial charge in [0.05, 0.1) is 25.7 Å². The average Bonchev–Trinajstić information content (AvgIpc) is 2.67. The summed E-state index contributed by atoms with van der Waals surface area (Å²) in [6.07, 6.45) is -0.233. The highest BCUT2D eigenvalue weighted by molar-refractivity contribution is 5.88. The largest absolute Gasteiger partial charge is 0.469 e. The van der Waals surface area contributed by atoms with E-state index in [0.29, 0.717) is 0 Å². The van der Waals surface area contributed by atoms with Gasteiger partial charge in [-0.15, -0.1) is 0 Å². The molecule has 0 aromatic rings. The third-order valence-corrected chi connectivity index (χ3v) is 2.75. The smallest absolute Gasteiger partial charge is 0.309 e. The van der Waals surface area contributed by atoms with Gasteiger partial charge in [-0.2, -0.15) is 0 Å². The first-order valence-electron chi connectivity index (χ1n) is 4.89. The predicted molar refractivity (Wildman–Crippen MR) is 53.3 cm³/mol. The monoisotopic (exact) mass is 227 g/mol. The number of ether oxygens (including phenoxy) is 1. The van der Waals surface area contributed by atoms with Crippen molar-refractivity contribution in [3.63, 3.8) is 0 Å². The van der Waals surface area contributed by atoms with E-state index >= 15 is 0 Å². The number of rotatable bonds is 4. The van der Waals surface area contributed by atoms with Crippen LogP contribution in [-0.4, -0.2) is 36.6 Å². The maximum absolute atomic E-state index is 11.6. The Morgan fingerprint density at radius 2 is 2.12 bits per heavy atom. The van der Waals surface area contributed by atoms with Crippen molar-refractivity contribution >= 4 is 11.8 Å². The van der Waals surface area contributed by atoms with Crippen LogP contribution < -0.4 is 0 Å². The summed E-state index contributed by atoms with van der Waals surface area (Å²) in [6, 6.07) is 0. The average molecular weight is 227 g/mol. The molecule has 1 aliphatic rings. The molecule has 1 N–H and O–H groups in total. The predicted octanol–water partition coefficient (Wildman–Crippen LogP) is 0.426. The Labute approximate surface area is 92.0 Å². The molecule has 1 aliphatic carbocycles. The Balaban J connectivity index is 2.72. The molecule has 0 spiro atoms. The van der Waals surface area contributed by atoms with Crippen LogP contribution >= 0.6 is 0 Å². The zero-order chi connectivity index (χ0) is 12.1. The first-order valence-corrected chi connectivity index (χ1v) is 4.89. The molecule has 7 nitrogen and oxygen atoms in total. The quantitative estimate of drug-likeness (QED) is 0.324. The zero-order valence-electron chi connectivity index (χ0n) is 8.87. The number of carbonyl (C=O) groups excluding carboxylic acids is 2. The van der Waals surface area contributed by atoms with E-state index in [1.165, 1.54) is 7.11 Å². The second kappa shape index (κ2) is 5.48. The van der Waals surface area contributed by atoms with Gasteiger partial charge in [-0.05, 0) is 18.4 Å². The van der Waals surface area contributed by atoms with Crippen LogP contribution in [0, 0.1) is 11.8 Å². The molecular weight excluding hydrogens is 214 g/mol. The van der Waals surface area contributed by atoms with Gasteiger partial charge in [-0.3, -0.25) is 9.59 Å². The second-order valence-corrected chi connectivity index (χ2v) is 3.72. The molecule has 0 aromatic heterocycles. The van der Waals surface area contributed by atoms with Gasteiger partial charge in [-0.25, -0.2) is 0 Å². The summed E-state index contributed by atoms with van der Waals surface area (Å²) >= 11 is 0. The van der Waals surface area contributed by atoms with Crippen molar-refractivity contribution in [2.75, 3.05) is 13.7 Å². The van der Waals surface area contributed by atoms with Crippen molar-refractivity contribution in [2.24, 2.45) is 17.0 Å². The van der Waals surface area contributed by atoms with Crippen LogP contribution in [0.15, 0.2) is 5.11 Å². The van der Waals surface area contributed by atoms with E-state index in [2.05, 4.69) is 14.8 Å². The third-order valence-electron chi connectivity index (χ3n) is 2.75. The maximum Gasteiger partial charge on any atom is 0.309 e. The minimum absolute atomic E-state index is 0.222. The molecule has 0 unspecified atom stereocenters. The van der Waals surface area contributed by atoms with E-state index in [4.69, 9.17) is 5.53 Å². The molecule has 0 heterocycles. The summed E-state index contributed by atoms with van der Waals surface area (Å²) in [4.78, 5) is 25.4. The Morgan fingerprint density at radius 3 is 2.69 bits per heavy atom. The first-order chi connectivity index (χ1) is 7.60. The number of aliphatic hydroxyl groups excluding tert-OH is 1. The van der Waals surface area contributed by atoms with Gasteiger partial charge >= 0.3 is 5.97 Å². The molecule has 0 bridgehead atoms. The van der Waals surface area contributed by atoms with Crippen LogP contribution in [0.3, 0.4) is 0 Å². The molecule has 88 valence electrons. The van der Waals surface area contributed by atoms with Gasteiger partial charge in [0, 0.05) is 10.8 Å². The van der Waals surface area contributed by atoms with Crippen LogP contribution in [-0.2, 0) is 14.3 Å². The normalized spacial score (nSPS) is 28.2. The minimum atomic E-state index is -0.677. The van der Waals surface area contributed by atoms with Gasteiger partial charge in [0.15, 0.2) is 0 Å². The molecule has 7 heteroatoms. The topological polar surface area (TPSA) is 112 Å². The highest BCUT2D eigenvalue weighted by Crippen LogP contribution is 2.33. The number of ketones is 1. The van der Waals surface area contributed by atoms with Crippen LogP contribution in [0.25, 0.3) is 10.4 Å². The molecule has 1 saturated carbocycles. The molecule has 0 aromatic carbocycles. The molecule has 3 atom stereocenters. The minimum Gasteiger partial charge on any atom is -0.469 e. The molecule has 0 amide bonds. The first kappa shape index (κ1) is 12.5. The molecule has 0 saturated heterocycles. The van der Waals surface area contributed by atoms with Crippen molar-refractivity contribution < 1.29 is 19.4 Å². The fourth-order valence-electron chi connectivity index (χ4n) is 2.00. The van der Waals surface area contributed by atoms with E-state index in [-0.39, 0.29) is 25.2 Å². The molecule has 0 radical (unpaired) electrons. The highest BCUT2D eigenvalue weighted by Gasteiger charge is 2.42. The fraction of sp³-hybridized carbons (Fsp3) is 0.778. The maximum atomic E-state index is 11.6. The van der Waals surface area contributed by atoms with E-state index in [1.807, 2.05) is 0 Å². The van der Waals surface area contributed by atoms with Gasteiger partial charge in [-0.1, -0.05) is 5.11 Å². The number of esters is 1. The van der Waals surface area contributed by atoms with E-state index in [0.717, 1.165) is 0 Å². The van der Waals surface area contributed by atoms with Crippen LogP contribution in [0.1, 0.15) is 12.8 Å². The number of aliphatic hydroxyl groups is 1. The van der Waals surface area contributed by atoms with Crippen molar-refractivity contribution in [3.05, 3.63) is 10.4 Å². The Morgan fingerprint density at radius 1 is 1.50 bits per heavy atom. The number of methoxy groups -OCH3 is 1. The van der Waals surface area contributed by atoms with Gasteiger partial charge in [0.25, 0.3) is 0 Å². The number of Topliss-reactive ketones (excluding diaryl/α,β-unsaturated/α-hetero) is 1. The Kier molecular flexibility index (Phi) is 4.28. The number of nitrogens with zero attached hydrogens (tertiary/aromatic N) is 3. The third kappa shape index (κ3) is 2.71. The molecule has 1 rings (SSSR count). The summed E-state index contributed by atoms with van der Waals surface area (Å²) in [5.41, 5.74) is 8.10. The van der Waals surface area contributed by atoms with Gasteiger partial charge < -0.3 is 9.84 Å². The van der Waals surface area contributed by atoms with Crippen molar-refractivity contribution in [1.82, 2.24) is 0 Å². The number of hydrogen-bond donors (Lipinski definition) is 1. The standard InChI is InChI=1S/C9H13N3O4/c1-16-9(15)7-3-5(13)2-6(7)8(14)4-11-12-10/h5-7,13H,2-4H2,1H3/t5-,6-,7-/m1/s1. The second-order valence-electron chi connectivity index (χ2n) is 3.72. The summed E-state index contributed by atoms with van der Waals surface area (Å²) in [7, 11) is 1.24. The summed E-state index contributed by atoms with van der Waals surface area (Å²) < 4.78 is 4.56. The number of carbonyl (C=O) groups is 2. The van der Waals surface area contributed by atoms with Gasteiger partial charge in [0.1, 0.15) is 5.78 Å². The molecule has 16 heavy (non-hydrogen) atoms. The fourth-order valence-corrected chi connectivity index (χ4v) is 2.00. The Hall–Kier alpha value is -1.59. The van der Waals surface area contributed by atoms with Gasteiger partial charge in [0.2, 0.25) is 0 Å².